The molecule has 1 N–H and O–H groups in total. The maximum Gasteiger partial charge on any atom is 1.00 e. The molecule has 0 saturated heterocycles. The first-order valence-electron chi connectivity index (χ1n) is 10.7. The fourth-order valence-electron chi connectivity index (χ4n) is 3.70. The van der Waals surface area contributed by atoms with E-state index in [1.807, 2.05) is 42.9 Å². The summed E-state index contributed by atoms with van der Waals surface area (Å²) in [6.45, 7) is 6.52. The minimum absolute atomic E-state index is 0. The van der Waals surface area contributed by atoms with Crippen LogP contribution >= 0.6 is 22.9 Å². The molecule has 3 aromatic rings. The summed E-state index contributed by atoms with van der Waals surface area (Å²) in [6, 6.07) is 5.64. The first-order valence-corrected chi connectivity index (χ1v) is 11.9. The molecule has 0 aliphatic carbocycles. The number of carboxylic acids is 1. The minimum Gasteiger partial charge on any atom is -1.00 e. The standard InChI is InChI=1S/C22H26ClN5O3S.Li.H/c1-14(2)31-19-6-5-15(12-17(19)23)21-24-25-22(32-21)28-13-16-7-10-27(9-3-4-20(29)30)11-8-18(16)26-28;;/h5-6,12-14H,3-4,7-11H2,1-2H3,(H,29,30);;/q;+1;-1. The van der Waals surface area contributed by atoms with Gasteiger partial charge in [0.1, 0.15) is 10.8 Å². The summed E-state index contributed by atoms with van der Waals surface area (Å²) in [4.78, 5) is 13.0. The van der Waals surface area contributed by atoms with Crippen LogP contribution in [0.1, 0.15) is 39.4 Å². The Balaban J connectivity index is 0.00000204. The van der Waals surface area contributed by atoms with E-state index >= 15 is 0 Å². The number of rotatable bonds is 8. The Morgan fingerprint density at radius 3 is 2.82 bits per heavy atom. The van der Waals surface area contributed by atoms with Crippen LogP contribution in [0.5, 0.6) is 5.75 Å². The SMILES string of the molecule is CC(C)Oc1ccc(-c2nnc(-n3cc4c(n3)CCN(CCCC(=O)O)CC4)s2)cc1Cl.[H-].[Li+]. The number of nitrogens with zero attached hydrogens (tertiary/aromatic N) is 5. The summed E-state index contributed by atoms with van der Waals surface area (Å²) in [5, 5.41) is 24.3. The van der Waals surface area contributed by atoms with Crippen LogP contribution in [0.3, 0.4) is 0 Å². The molecular weight excluding hydrogens is 457 g/mol. The number of hydrogen-bond acceptors (Lipinski definition) is 7. The zero-order valence-electron chi connectivity index (χ0n) is 20.1. The number of hydrogen-bond donors (Lipinski definition) is 1. The van der Waals surface area contributed by atoms with Crippen molar-refractivity contribution >= 4 is 28.9 Å². The molecule has 0 radical (unpaired) electrons. The third kappa shape index (κ3) is 6.58. The van der Waals surface area contributed by atoms with E-state index in [-0.39, 0.29) is 32.8 Å². The van der Waals surface area contributed by atoms with Crippen LogP contribution < -0.4 is 23.6 Å². The van der Waals surface area contributed by atoms with Crippen molar-refractivity contribution in [3.05, 3.63) is 40.7 Å². The molecule has 0 atom stereocenters. The van der Waals surface area contributed by atoms with E-state index in [2.05, 4.69) is 15.1 Å². The van der Waals surface area contributed by atoms with E-state index in [9.17, 15) is 4.79 Å². The normalized spacial score (nSPS) is 13.9. The van der Waals surface area contributed by atoms with Gasteiger partial charge in [-0.2, -0.15) is 5.10 Å². The first kappa shape index (κ1) is 25.7. The average molecular weight is 484 g/mol. The van der Waals surface area contributed by atoms with Crippen molar-refractivity contribution in [3.63, 3.8) is 0 Å². The predicted octanol–water partition coefficient (Wildman–Crippen LogP) is 1.21. The first-order chi connectivity index (χ1) is 15.4. The second-order valence-electron chi connectivity index (χ2n) is 8.09. The van der Waals surface area contributed by atoms with Crippen molar-refractivity contribution in [2.45, 2.75) is 45.6 Å². The van der Waals surface area contributed by atoms with Crippen molar-refractivity contribution < 1.29 is 34.9 Å². The smallest absolute Gasteiger partial charge is 1.00 e. The summed E-state index contributed by atoms with van der Waals surface area (Å²) < 4.78 is 7.51. The van der Waals surface area contributed by atoms with Crippen LogP contribution in [0.2, 0.25) is 5.02 Å². The fourth-order valence-corrected chi connectivity index (χ4v) is 4.70. The Labute approximate surface area is 215 Å². The molecule has 172 valence electrons. The summed E-state index contributed by atoms with van der Waals surface area (Å²) >= 11 is 7.83. The molecule has 0 unspecified atom stereocenters. The van der Waals surface area contributed by atoms with Crippen molar-refractivity contribution in [1.29, 1.82) is 0 Å². The zero-order chi connectivity index (χ0) is 22.7. The molecule has 2 aromatic heterocycles. The molecular formula is C22H27ClLiN5O3S. The predicted molar refractivity (Wildman–Crippen MR) is 125 cm³/mol. The molecule has 0 amide bonds. The van der Waals surface area contributed by atoms with E-state index in [0.717, 1.165) is 48.7 Å². The van der Waals surface area contributed by atoms with Crippen molar-refractivity contribution in [1.82, 2.24) is 24.9 Å². The van der Waals surface area contributed by atoms with Gasteiger partial charge in [0.2, 0.25) is 5.13 Å². The second-order valence-corrected chi connectivity index (χ2v) is 9.45. The molecule has 3 heterocycles. The third-order valence-corrected chi connectivity index (χ3v) is 6.51. The molecule has 11 heteroatoms. The topological polar surface area (TPSA) is 93.4 Å². The average Bonchev–Trinajstić information content (AvgIpc) is 3.34. The molecule has 0 saturated carbocycles. The van der Waals surface area contributed by atoms with Crippen molar-refractivity contribution in [3.8, 4) is 21.5 Å². The number of carbonyl (C=O) groups is 1. The molecule has 0 bridgehead atoms. The summed E-state index contributed by atoms with van der Waals surface area (Å²) in [5.41, 5.74) is 3.17. The number of aromatic nitrogens is 4. The molecule has 4 rings (SSSR count). The Morgan fingerprint density at radius 2 is 2.09 bits per heavy atom. The largest absolute Gasteiger partial charge is 1.00 e. The minimum atomic E-state index is -0.738. The Morgan fingerprint density at radius 1 is 1.30 bits per heavy atom. The Bertz CT molecular complexity index is 1080. The fraction of sp³-hybridized carbons (Fsp3) is 0.455. The van der Waals surface area contributed by atoms with Crippen LogP contribution in [0.4, 0.5) is 0 Å². The number of ether oxygens (including phenoxy) is 1. The van der Waals surface area contributed by atoms with E-state index in [1.54, 1.807) is 0 Å². The van der Waals surface area contributed by atoms with Crippen molar-refractivity contribution in [2.75, 3.05) is 19.6 Å². The van der Waals surface area contributed by atoms with E-state index < -0.39 is 5.97 Å². The molecule has 8 nitrogen and oxygen atoms in total. The van der Waals surface area contributed by atoms with Gasteiger partial charge >= 0.3 is 24.8 Å². The second kappa shape index (κ2) is 11.5. The van der Waals surface area contributed by atoms with Crippen LogP contribution in [0, 0.1) is 0 Å². The van der Waals surface area contributed by atoms with Gasteiger partial charge in [0.05, 0.1) is 16.8 Å². The van der Waals surface area contributed by atoms with Crippen LogP contribution in [-0.4, -0.2) is 61.7 Å². The van der Waals surface area contributed by atoms with Gasteiger partial charge in [0.15, 0.2) is 0 Å². The van der Waals surface area contributed by atoms with Gasteiger partial charge in [-0.3, -0.25) is 4.79 Å². The summed E-state index contributed by atoms with van der Waals surface area (Å²) in [7, 11) is 0. The van der Waals surface area contributed by atoms with E-state index in [0.29, 0.717) is 22.3 Å². The summed E-state index contributed by atoms with van der Waals surface area (Å²) in [6.07, 6.45) is 4.71. The molecule has 1 aliphatic rings. The van der Waals surface area contributed by atoms with Gasteiger partial charge in [0, 0.05) is 37.7 Å². The maximum absolute atomic E-state index is 10.7. The zero-order valence-corrected chi connectivity index (χ0v) is 20.7. The van der Waals surface area contributed by atoms with Crippen LogP contribution in [0.25, 0.3) is 15.7 Å². The molecule has 1 aromatic carbocycles. The third-order valence-electron chi connectivity index (χ3n) is 5.26. The summed E-state index contributed by atoms with van der Waals surface area (Å²) in [5.74, 6) is -0.0825. The molecule has 0 spiro atoms. The Hall–Kier alpha value is -1.89. The van der Waals surface area contributed by atoms with Gasteiger partial charge in [-0.25, -0.2) is 4.68 Å². The monoisotopic (exact) mass is 483 g/mol. The van der Waals surface area contributed by atoms with Gasteiger partial charge < -0.3 is 16.2 Å². The number of halogens is 1. The quantitative estimate of drug-likeness (QED) is 0.481. The molecule has 1 aliphatic heterocycles. The van der Waals surface area contributed by atoms with E-state index in [1.165, 1.54) is 16.9 Å². The van der Waals surface area contributed by atoms with Crippen LogP contribution in [-0.2, 0) is 17.6 Å². The number of benzene rings is 1. The van der Waals surface area contributed by atoms with Gasteiger partial charge in [-0.1, -0.05) is 22.9 Å². The van der Waals surface area contributed by atoms with Crippen molar-refractivity contribution in [2.24, 2.45) is 0 Å². The van der Waals surface area contributed by atoms with E-state index in [4.69, 9.17) is 26.5 Å². The number of aliphatic carboxylic acids is 1. The van der Waals surface area contributed by atoms with Crippen LogP contribution in [0.15, 0.2) is 24.4 Å². The Kier molecular flexibility index (Phi) is 8.96. The number of fused-ring (bicyclic) bond motifs is 1. The molecule has 33 heavy (non-hydrogen) atoms. The van der Waals surface area contributed by atoms with Gasteiger partial charge in [-0.15, -0.1) is 10.2 Å². The molecule has 0 fully saturated rings. The number of carboxylic acid groups (broad SMARTS) is 1. The maximum atomic E-state index is 10.7. The van der Waals surface area contributed by atoms with Gasteiger partial charge in [-0.05, 0) is 57.0 Å². The van der Waals surface area contributed by atoms with Gasteiger partial charge in [0.25, 0.3) is 0 Å².